The Morgan fingerprint density at radius 1 is 1.33 bits per heavy atom. The van der Waals surface area contributed by atoms with Crippen molar-refractivity contribution >= 4 is 34.6 Å². The van der Waals surface area contributed by atoms with E-state index in [1.165, 1.54) is 25.0 Å². The highest BCUT2D eigenvalue weighted by Crippen LogP contribution is 2.25. The van der Waals surface area contributed by atoms with E-state index in [1.807, 2.05) is 12.1 Å². The maximum Gasteiger partial charge on any atom is 0.170 e. The summed E-state index contributed by atoms with van der Waals surface area (Å²) in [6.07, 6.45) is 4.09. The zero-order valence-electron chi connectivity index (χ0n) is 13.1. The van der Waals surface area contributed by atoms with Crippen molar-refractivity contribution in [1.82, 2.24) is 10.2 Å². The molecule has 0 unspecified atom stereocenters. The molecular weight excluding hydrogens is 349 g/mol. The Balaban J connectivity index is 1.59. The van der Waals surface area contributed by atoms with Gasteiger partial charge < -0.3 is 15.1 Å². The highest BCUT2D eigenvalue weighted by atomic mass is 35.5. The first-order valence-electron chi connectivity index (χ1n) is 7.91. The van der Waals surface area contributed by atoms with Crippen LogP contribution >= 0.6 is 23.8 Å². The van der Waals surface area contributed by atoms with Gasteiger partial charge in [-0.1, -0.05) is 11.6 Å². The molecule has 0 aliphatic carbocycles. The first-order valence-corrected chi connectivity index (χ1v) is 8.69. The quantitative estimate of drug-likeness (QED) is 0.775. The highest BCUT2D eigenvalue weighted by molar-refractivity contribution is 7.80. The Labute approximate surface area is 151 Å². The summed E-state index contributed by atoms with van der Waals surface area (Å²) in [5.41, 5.74) is 0.648. The summed E-state index contributed by atoms with van der Waals surface area (Å²) in [6, 6.07) is 8.44. The van der Waals surface area contributed by atoms with E-state index in [1.54, 1.807) is 12.3 Å². The number of thiocarbonyl (C=S) groups is 1. The average molecular weight is 368 g/mol. The summed E-state index contributed by atoms with van der Waals surface area (Å²) in [5, 5.41) is 6.76. The molecule has 1 aliphatic heterocycles. The van der Waals surface area contributed by atoms with Crippen molar-refractivity contribution < 1.29 is 8.81 Å². The minimum absolute atomic E-state index is 0.0633. The molecule has 1 saturated heterocycles. The number of hydrogen-bond donors (Lipinski definition) is 2. The molecule has 1 aromatic heterocycles. The van der Waals surface area contributed by atoms with Crippen LogP contribution in [0.25, 0.3) is 0 Å². The minimum atomic E-state index is -0.451. The fourth-order valence-electron chi connectivity index (χ4n) is 2.88. The van der Waals surface area contributed by atoms with Crippen LogP contribution in [0.5, 0.6) is 0 Å². The van der Waals surface area contributed by atoms with E-state index in [-0.39, 0.29) is 11.1 Å². The Bertz CT molecular complexity index is 689. The second-order valence-electron chi connectivity index (χ2n) is 5.74. The lowest BCUT2D eigenvalue weighted by atomic mass is 10.2. The van der Waals surface area contributed by atoms with Crippen LogP contribution in [0.3, 0.4) is 0 Å². The molecule has 0 amide bonds. The third-order valence-electron chi connectivity index (χ3n) is 4.09. The average Bonchev–Trinajstić information content (AvgIpc) is 3.25. The van der Waals surface area contributed by atoms with E-state index in [9.17, 15) is 4.39 Å². The van der Waals surface area contributed by atoms with Crippen molar-refractivity contribution in [2.45, 2.75) is 18.9 Å². The lowest BCUT2D eigenvalue weighted by molar-refractivity contribution is 0.216. The van der Waals surface area contributed by atoms with E-state index in [0.717, 1.165) is 18.8 Å². The lowest BCUT2D eigenvalue weighted by Gasteiger charge is -2.26. The van der Waals surface area contributed by atoms with Crippen molar-refractivity contribution in [3.05, 3.63) is 53.2 Å². The Morgan fingerprint density at radius 2 is 2.12 bits per heavy atom. The molecule has 128 valence electrons. The van der Waals surface area contributed by atoms with E-state index >= 15 is 0 Å². The van der Waals surface area contributed by atoms with Crippen LogP contribution in [0, 0.1) is 5.82 Å². The molecule has 7 heteroatoms. The molecular formula is C17H19ClFN3OS. The van der Waals surface area contributed by atoms with E-state index in [0.29, 0.717) is 17.3 Å². The third kappa shape index (κ3) is 4.26. The topological polar surface area (TPSA) is 40.4 Å². The standard InChI is InChI=1S/C17H19ClFN3OS/c18-13-10-12(5-6-14(13)19)21-17(24)20-11-15(16-4-3-9-23-16)22-7-1-2-8-22/h3-6,9-10,15H,1-2,7-8,11H2,(H2,20,21,24)/t15-/m0/s1. The van der Waals surface area contributed by atoms with Crippen molar-refractivity contribution in [1.29, 1.82) is 0 Å². The van der Waals surface area contributed by atoms with Gasteiger partial charge in [-0.3, -0.25) is 4.90 Å². The van der Waals surface area contributed by atoms with Gasteiger partial charge in [-0.25, -0.2) is 4.39 Å². The number of likely N-dealkylation sites (tertiary alicyclic amines) is 1. The van der Waals surface area contributed by atoms with Crippen LogP contribution in [-0.4, -0.2) is 29.6 Å². The maximum atomic E-state index is 13.2. The maximum absolute atomic E-state index is 13.2. The van der Waals surface area contributed by atoms with Gasteiger partial charge in [0.25, 0.3) is 0 Å². The Morgan fingerprint density at radius 3 is 2.79 bits per heavy atom. The van der Waals surface area contributed by atoms with Crippen LogP contribution in [0.15, 0.2) is 41.0 Å². The van der Waals surface area contributed by atoms with Gasteiger partial charge >= 0.3 is 0 Å². The number of rotatable bonds is 5. The summed E-state index contributed by atoms with van der Waals surface area (Å²) >= 11 is 11.1. The van der Waals surface area contributed by atoms with Crippen LogP contribution in [0.4, 0.5) is 10.1 Å². The summed E-state index contributed by atoms with van der Waals surface area (Å²) in [4.78, 5) is 2.39. The number of halogens is 2. The van der Waals surface area contributed by atoms with Gasteiger partial charge in [0.05, 0.1) is 17.3 Å². The van der Waals surface area contributed by atoms with Crippen molar-refractivity contribution in [2.24, 2.45) is 0 Å². The van der Waals surface area contributed by atoms with Crippen molar-refractivity contribution in [3.8, 4) is 0 Å². The van der Waals surface area contributed by atoms with Gasteiger partial charge in [0.15, 0.2) is 5.11 Å². The van der Waals surface area contributed by atoms with Crippen molar-refractivity contribution in [3.63, 3.8) is 0 Å². The Kier molecular flexibility index (Phi) is 5.71. The predicted octanol–water partition coefficient (Wildman–Crippen LogP) is 4.20. The van der Waals surface area contributed by atoms with Crippen LogP contribution < -0.4 is 10.6 Å². The first kappa shape index (κ1) is 17.2. The molecule has 1 atom stereocenters. The second-order valence-corrected chi connectivity index (χ2v) is 6.55. The van der Waals surface area contributed by atoms with Gasteiger partial charge in [-0.05, 0) is 68.5 Å². The van der Waals surface area contributed by atoms with Crippen LogP contribution in [0.1, 0.15) is 24.6 Å². The molecule has 1 fully saturated rings. The summed E-state index contributed by atoms with van der Waals surface area (Å²) < 4.78 is 18.8. The summed E-state index contributed by atoms with van der Waals surface area (Å²) in [5.74, 6) is 0.477. The fraction of sp³-hybridized carbons (Fsp3) is 0.353. The zero-order valence-corrected chi connectivity index (χ0v) is 14.7. The van der Waals surface area contributed by atoms with E-state index in [4.69, 9.17) is 28.2 Å². The number of benzene rings is 1. The molecule has 0 saturated carbocycles. The van der Waals surface area contributed by atoms with Gasteiger partial charge in [0.2, 0.25) is 0 Å². The molecule has 4 nitrogen and oxygen atoms in total. The monoisotopic (exact) mass is 367 g/mol. The number of furan rings is 1. The number of nitrogens with zero attached hydrogens (tertiary/aromatic N) is 1. The van der Waals surface area contributed by atoms with Gasteiger partial charge in [0, 0.05) is 12.2 Å². The molecule has 1 aromatic carbocycles. The molecule has 2 heterocycles. The minimum Gasteiger partial charge on any atom is -0.468 e. The molecule has 3 rings (SSSR count). The second kappa shape index (κ2) is 7.96. The molecule has 0 radical (unpaired) electrons. The molecule has 1 aliphatic rings. The number of nitrogens with one attached hydrogen (secondary N) is 2. The largest absolute Gasteiger partial charge is 0.468 e. The van der Waals surface area contributed by atoms with E-state index in [2.05, 4.69) is 15.5 Å². The SMILES string of the molecule is Fc1ccc(NC(=S)NC[C@@H](c2ccco2)N2CCCC2)cc1Cl. The third-order valence-corrected chi connectivity index (χ3v) is 4.62. The molecule has 2 aromatic rings. The van der Waals surface area contributed by atoms with Crippen LogP contribution in [0.2, 0.25) is 5.02 Å². The summed E-state index contributed by atoms with van der Waals surface area (Å²) in [7, 11) is 0. The smallest absolute Gasteiger partial charge is 0.170 e. The molecule has 24 heavy (non-hydrogen) atoms. The number of anilines is 1. The normalized spacial score (nSPS) is 16.1. The molecule has 0 bridgehead atoms. The lowest BCUT2D eigenvalue weighted by Crippen LogP contribution is -2.38. The van der Waals surface area contributed by atoms with E-state index < -0.39 is 5.82 Å². The zero-order chi connectivity index (χ0) is 16.9. The molecule has 0 spiro atoms. The molecule has 2 N–H and O–H groups in total. The number of hydrogen-bond acceptors (Lipinski definition) is 3. The first-order chi connectivity index (χ1) is 11.6. The Hall–Kier alpha value is -1.63. The summed E-state index contributed by atoms with van der Waals surface area (Å²) in [6.45, 7) is 2.75. The fourth-order valence-corrected chi connectivity index (χ4v) is 3.26. The van der Waals surface area contributed by atoms with Gasteiger partial charge in [-0.15, -0.1) is 0 Å². The predicted molar refractivity (Wildman–Crippen MR) is 97.9 cm³/mol. The highest BCUT2D eigenvalue weighted by Gasteiger charge is 2.25. The van der Waals surface area contributed by atoms with Crippen LogP contribution in [-0.2, 0) is 0 Å². The van der Waals surface area contributed by atoms with Gasteiger partial charge in [0.1, 0.15) is 11.6 Å². The van der Waals surface area contributed by atoms with Crippen molar-refractivity contribution in [2.75, 3.05) is 25.0 Å². The van der Waals surface area contributed by atoms with Gasteiger partial charge in [-0.2, -0.15) is 0 Å².